The molecule has 0 aromatic heterocycles. The van der Waals surface area contributed by atoms with Crippen molar-refractivity contribution < 1.29 is 52.6 Å². The molecule has 0 saturated heterocycles. The van der Waals surface area contributed by atoms with Crippen molar-refractivity contribution in [3.8, 4) is 0 Å². The molecule has 9 heavy (non-hydrogen) atoms. The van der Waals surface area contributed by atoms with Crippen molar-refractivity contribution in [2.75, 3.05) is 0 Å². The van der Waals surface area contributed by atoms with Gasteiger partial charge in [0.2, 0.25) is 0 Å². The number of hydrogen-bond acceptors (Lipinski definition) is 0. The Bertz CT molecular complexity index is 138. The third-order valence-electron chi connectivity index (χ3n) is 1.08. The first-order valence-electron chi connectivity index (χ1n) is 2.31. The number of hydrogen-bond donors (Lipinski definition) is 0. The average molecular weight is 429 g/mol. The summed E-state index contributed by atoms with van der Waals surface area (Å²) < 4.78 is 1.54. The molecule has 3 heteroatoms. The maximum Gasteiger partial charge on any atom is -1.00 e. The van der Waals surface area contributed by atoms with Crippen LogP contribution >= 0.6 is 0 Å². The van der Waals surface area contributed by atoms with Gasteiger partial charge in [-0.15, -0.1) is 0 Å². The summed E-state index contributed by atoms with van der Waals surface area (Å²) in [5.74, 6) is 0. The maximum atomic E-state index is 2.21. The van der Waals surface area contributed by atoms with Gasteiger partial charge in [-0.3, -0.25) is 0 Å². The Hall–Kier alpha value is 1.08. The van der Waals surface area contributed by atoms with Crippen molar-refractivity contribution in [1.82, 2.24) is 0 Å². The zero-order chi connectivity index (χ0) is 5.28. The van der Waals surface area contributed by atoms with E-state index in [1.54, 1.807) is 4.13 Å². The van der Waals surface area contributed by atoms with E-state index >= 15 is 0 Å². The summed E-state index contributed by atoms with van der Waals surface area (Å²) in [6.45, 7) is 2.16. The molecule has 0 radical (unpaired) electrons. The van der Waals surface area contributed by atoms with Crippen molar-refractivity contribution in [1.29, 1.82) is 0 Å². The van der Waals surface area contributed by atoms with Gasteiger partial charge in [-0.1, -0.05) is 0 Å². The summed E-state index contributed by atoms with van der Waals surface area (Å²) in [5, 5.41) is 0. The molecule has 53 valence electrons. The van der Waals surface area contributed by atoms with Crippen molar-refractivity contribution in [2.45, 2.75) is 13.3 Å². The summed E-state index contributed by atoms with van der Waals surface area (Å²) >= 11 is 1.99. The molecule has 0 saturated carbocycles. The Balaban J connectivity index is 0. The summed E-state index contributed by atoms with van der Waals surface area (Å²) in [6, 6.07) is 0. The molecule has 0 spiro atoms. The van der Waals surface area contributed by atoms with E-state index in [0.717, 1.165) is 0 Å². The van der Waals surface area contributed by atoms with E-state index in [-0.39, 0.29) is 34.0 Å². The van der Waals surface area contributed by atoms with Gasteiger partial charge in [0.25, 0.3) is 0 Å². The monoisotopic (exact) mass is 429 g/mol. The van der Waals surface area contributed by atoms with Crippen molar-refractivity contribution in [3.05, 3.63) is 21.9 Å². The fourth-order valence-corrected chi connectivity index (χ4v) is 1.10. The van der Waals surface area contributed by atoms with Gasteiger partial charge in [-0.25, -0.2) is 0 Å². The third-order valence-corrected chi connectivity index (χ3v) is 2.60. The fourth-order valence-electron chi connectivity index (χ4n) is 0.586. The summed E-state index contributed by atoms with van der Waals surface area (Å²) in [6.07, 6.45) is 5.57. The minimum atomic E-state index is 0. The van der Waals surface area contributed by atoms with Crippen LogP contribution in [0.2, 0.25) is 0 Å². The molecule has 1 aliphatic rings. The average Bonchev–Trinajstić information content (AvgIpc) is 1.91. The van der Waals surface area contributed by atoms with Crippen molar-refractivity contribution >= 4 is 0 Å². The molecule has 0 atom stereocenters. The quantitative estimate of drug-likeness (QED) is 0.367. The van der Waals surface area contributed by atoms with Crippen LogP contribution in [0.1, 0.15) is 13.3 Å². The smallest absolute Gasteiger partial charge is 1.00 e. The summed E-state index contributed by atoms with van der Waals surface area (Å²) in [4.78, 5) is 0. The maximum absolute atomic E-state index is 2.21. The van der Waals surface area contributed by atoms with Crippen LogP contribution in [0, 0.1) is 0 Å². The van der Waals surface area contributed by atoms with E-state index < -0.39 is 0 Å². The van der Waals surface area contributed by atoms with E-state index in [0.29, 0.717) is 0 Å². The van der Waals surface area contributed by atoms with Gasteiger partial charge < -0.3 is 34.0 Å². The molecule has 0 aromatic carbocycles. The van der Waals surface area contributed by atoms with Gasteiger partial charge in [0, 0.05) is 0 Å². The van der Waals surface area contributed by atoms with Crippen LogP contribution in [0.25, 0.3) is 0 Å². The molecule has 0 aliphatic heterocycles. The zero-order valence-electron chi connectivity index (χ0n) is 4.97. The molecule has 0 N–H and O–H groups in total. The van der Waals surface area contributed by atoms with Crippen LogP contribution in [0.5, 0.6) is 0 Å². The molecule has 0 aromatic rings. The van der Waals surface area contributed by atoms with E-state index in [9.17, 15) is 0 Å². The first kappa shape index (κ1) is 12.7. The van der Waals surface area contributed by atoms with Crippen molar-refractivity contribution in [2.24, 2.45) is 0 Å². The first-order valence-corrected chi connectivity index (χ1v) is 3.58. The van der Waals surface area contributed by atoms with Gasteiger partial charge in [-0.05, 0) is 0 Å². The van der Waals surface area contributed by atoms with E-state index in [1.165, 1.54) is 12.0 Å². The van der Waals surface area contributed by atoms with Crippen LogP contribution in [-0.4, -0.2) is 0 Å². The Morgan fingerprint density at radius 2 is 2.00 bits per heavy atom. The topological polar surface area (TPSA) is 0 Å². The van der Waals surface area contributed by atoms with Crippen LogP contribution in [0.15, 0.2) is 21.9 Å². The molecule has 1 rings (SSSR count). The van der Waals surface area contributed by atoms with Gasteiger partial charge in [0.15, 0.2) is 0 Å². The Labute approximate surface area is 87.2 Å². The minimum Gasteiger partial charge on any atom is -1.00 e. The third kappa shape index (κ3) is 3.70. The molecular weight excluding hydrogens is 422 g/mol. The predicted octanol–water partition coefficient (Wildman–Crippen LogP) is -4.22. The van der Waals surface area contributed by atoms with Crippen LogP contribution in [0.3, 0.4) is 0 Å². The van der Waals surface area contributed by atoms with Crippen LogP contribution < -0.4 is 34.0 Å². The molecule has 0 fully saturated rings. The molecule has 0 heterocycles. The van der Waals surface area contributed by atoms with Crippen molar-refractivity contribution in [3.63, 3.8) is 0 Å². The van der Waals surface area contributed by atoms with E-state index in [1.807, 2.05) is 18.6 Å². The van der Waals surface area contributed by atoms with Gasteiger partial charge >= 0.3 is 53.8 Å². The normalized spacial score (nSPS) is 14.8. The number of rotatable bonds is 0. The van der Waals surface area contributed by atoms with E-state index in [2.05, 4.69) is 19.1 Å². The second-order valence-electron chi connectivity index (χ2n) is 1.68. The Morgan fingerprint density at radius 3 is 2.11 bits per heavy atom. The van der Waals surface area contributed by atoms with Gasteiger partial charge in [0.1, 0.15) is 0 Å². The predicted molar refractivity (Wildman–Crippen MR) is 26.5 cm³/mol. The SMILES string of the molecule is CC1=[C]([Os+2])CC=C1.[Br-].[Br-]. The second kappa shape index (κ2) is 5.83. The Morgan fingerprint density at radius 1 is 1.44 bits per heavy atom. The van der Waals surface area contributed by atoms with Gasteiger partial charge in [-0.2, -0.15) is 0 Å². The number of allylic oxidation sites excluding steroid dienone is 4. The summed E-state index contributed by atoms with van der Waals surface area (Å²) in [7, 11) is 0. The Kier molecular flexibility index (Phi) is 8.24. The van der Waals surface area contributed by atoms with Gasteiger partial charge in [0.05, 0.1) is 0 Å². The standard InChI is InChI=1S/C6H7.2BrH.Os/c1-6-4-2-3-5-6;;;/h2,4H,3H2,1H3;2*1H;/q;;;+2/p-2. The second-order valence-corrected chi connectivity index (χ2v) is 3.21. The molecule has 0 unspecified atom stereocenters. The van der Waals surface area contributed by atoms with E-state index in [4.69, 9.17) is 0 Å². The molecule has 1 aliphatic carbocycles. The molecule has 0 bridgehead atoms. The zero-order valence-corrected chi connectivity index (χ0v) is 10.7. The largest absolute Gasteiger partial charge is 1.00 e. The fraction of sp³-hybridized carbons (Fsp3) is 0.333. The summed E-state index contributed by atoms with van der Waals surface area (Å²) in [5.41, 5.74) is 1.46. The molecular formula is C6H7Br2Os. The molecule has 0 nitrogen and oxygen atoms in total. The van der Waals surface area contributed by atoms with Crippen LogP contribution in [0.4, 0.5) is 0 Å². The van der Waals surface area contributed by atoms with Crippen LogP contribution in [-0.2, 0) is 18.6 Å². The number of halogens is 2. The molecule has 0 amide bonds. The minimum absolute atomic E-state index is 0. The first-order chi connectivity index (χ1) is 3.30.